The zero-order chi connectivity index (χ0) is 25.3. The second kappa shape index (κ2) is 10.2. The van der Waals surface area contributed by atoms with Crippen LogP contribution in [0.5, 0.6) is 0 Å². The number of aromatic nitrogens is 3. The predicted octanol–water partition coefficient (Wildman–Crippen LogP) is -2.28. The number of fused-ring (bicyclic) bond motifs is 1. The Labute approximate surface area is 208 Å². The third-order valence-corrected chi connectivity index (χ3v) is 8.20. The van der Waals surface area contributed by atoms with E-state index in [0.717, 1.165) is 16.7 Å². The van der Waals surface area contributed by atoms with E-state index < -0.39 is 46.4 Å². The SMILES string of the molecule is CO/N=C(\C(=O)N[C@@H]1C(=O)N2C(C(=O)O)=C(CSc3n[nH]c(=O)c(=O)[nH]3)CS[C@H]12)C1CSC(N)=N1. The second-order valence-electron chi connectivity index (χ2n) is 7.17. The molecule has 4 rings (SSSR count). The van der Waals surface area contributed by atoms with Crippen LogP contribution in [0, 0.1) is 0 Å². The fourth-order valence-electron chi connectivity index (χ4n) is 3.45. The van der Waals surface area contributed by atoms with Crippen LogP contribution in [-0.4, -0.2) is 95.7 Å². The van der Waals surface area contributed by atoms with Crippen molar-refractivity contribution in [3.8, 4) is 0 Å². The van der Waals surface area contributed by atoms with Gasteiger partial charge in [0.25, 0.3) is 11.8 Å². The lowest BCUT2D eigenvalue weighted by molar-refractivity contribution is -0.150. The third-order valence-electron chi connectivity index (χ3n) is 5.02. The number of β-lactam (4-membered cyclic amide) rings is 1. The molecule has 2 amide bonds. The van der Waals surface area contributed by atoms with Gasteiger partial charge in [0, 0.05) is 17.3 Å². The van der Waals surface area contributed by atoms with Crippen molar-refractivity contribution in [3.05, 3.63) is 32.0 Å². The number of carbonyl (C=O) groups is 3. The Kier molecular flexibility index (Phi) is 7.22. The fourth-order valence-corrected chi connectivity index (χ4v) is 6.51. The summed E-state index contributed by atoms with van der Waals surface area (Å²) in [6, 6.07) is -1.60. The number of oxime groups is 1. The van der Waals surface area contributed by atoms with Gasteiger partial charge in [-0.15, -0.1) is 16.9 Å². The molecule has 6 N–H and O–H groups in total. The van der Waals surface area contributed by atoms with E-state index in [9.17, 15) is 29.1 Å². The molecule has 0 radical (unpaired) electrons. The summed E-state index contributed by atoms with van der Waals surface area (Å²) in [6.45, 7) is 0. The lowest BCUT2D eigenvalue weighted by Crippen LogP contribution is -2.71. The van der Waals surface area contributed by atoms with Crippen LogP contribution >= 0.6 is 35.3 Å². The molecule has 15 nitrogen and oxygen atoms in total. The van der Waals surface area contributed by atoms with Gasteiger partial charge in [-0.05, 0) is 5.57 Å². The maximum Gasteiger partial charge on any atom is 0.352 e. The van der Waals surface area contributed by atoms with Crippen LogP contribution in [0.3, 0.4) is 0 Å². The Morgan fingerprint density at radius 2 is 2.14 bits per heavy atom. The maximum absolute atomic E-state index is 12.9. The van der Waals surface area contributed by atoms with Gasteiger partial charge in [0.05, 0.1) is 0 Å². The summed E-state index contributed by atoms with van der Waals surface area (Å²) >= 11 is 3.54. The number of carbonyl (C=O) groups excluding carboxylic acids is 2. The zero-order valence-corrected chi connectivity index (χ0v) is 20.3. The topological polar surface area (TPSA) is 225 Å². The van der Waals surface area contributed by atoms with Crippen molar-refractivity contribution >= 4 is 63.9 Å². The van der Waals surface area contributed by atoms with Gasteiger partial charge in [0.15, 0.2) is 16.0 Å². The largest absolute Gasteiger partial charge is 0.477 e. The molecule has 1 aromatic rings. The van der Waals surface area contributed by atoms with Gasteiger partial charge in [0.1, 0.15) is 30.3 Å². The quantitative estimate of drug-likeness (QED) is 0.0770. The van der Waals surface area contributed by atoms with Gasteiger partial charge < -0.3 is 21.0 Å². The molecular formula is C17H18N8O7S3. The van der Waals surface area contributed by atoms with E-state index in [2.05, 4.69) is 25.5 Å². The van der Waals surface area contributed by atoms with Gasteiger partial charge in [0.2, 0.25) is 0 Å². The molecule has 0 aliphatic carbocycles. The summed E-state index contributed by atoms with van der Waals surface area (Å²) in [4.78, 5) is 72.6. The Morgan fingerprint density at radius 1 is 1.37 bits per heavy atom. The summed E-state index contributed by atoms with van der Waals surface area (Å²) in [7, 11) is 1.28. The molecule has 0 bridgehead atoms. The molecule has 4 heterocycles. The van der Waals surface area contributed by atoms with E-state index in [0.29, 0.717) is 16.5 Å². The van der Waals surface area contributed by atoms with Gasteiger partial charge >= 0.3 is 17.1 Å². The number of aliphatic imine (C=N–C) groups is 1. The first-order valence-corrected chi connectivity index (χ1v) is 12.8. The predicted molar refractivity (Wildman–Crippen MR) is 128 cm³/mol. The van der Waals surface area contributed by atoms with E-state index in [1.807, 2.05) is 5.10 Å². The summed E-state index contributed by atoms with van der Waals surface area (Å²) in [6.07, 6.45) is 0. The van der Waals surface area contributed by atoms with Crippen LogP contribution in [0.1, 0.15) is 0 Å². The van der Waals surface area contributed by atoms with Crippen molar-refractivity contribution in [2.24, 2.45) is 15.9 Å². The van der Waals surface area contributed by atoms with E-state index in [4.69, 9.17) is 10.6 Å². The lowest BCUT2D eigenvalue weighted by atomic mass is 10.0. The van der Waals surface area contributed by atoms with E-state index in [1.54, 1.807) is 0 Å². The average molecular weight is 543 g/mol. The molecule has 3 aliphatic rings. The minimum atomic E-state index is -1.30. The highest BCUT2D eigenvalue weighted by Gasteiger charge is 2.54. The molecule has 0 aromatic carbocycles. The molecule has 1 saturated heterocycles. The summed E-state index contributed by atoms with van der Waals surface area (Å²) in [5.74, 6) is -1.81. The zero-order valence-electron chi connectivity index (χ0n) is 17.8. The number of amidine groups is 1. The van der Waals surface area contributed by atoms with Crippen LogP contribution in [0.25, 0.3) is 0 Å². The number of H-pyrrole nitrogens is 2. The Balaban J connectivity index is 1.48. The number of rotatable bonds is 8. The Hall–Kier alpha value is -3.25. The van der Waals surface area contributed by atoms with Crippen LogP contribution < -0.4 is 22.2 Å². The summed E-state index contributed by atoms with van der Waals surface area (Å²) in [5, 5.41) is 21.6. The third kappa shape index (κ3) is 4.94. The first-order chi connectivity index (χ1) is 16.7. The van der Waals surface area contributed by atoms with Crippen LogP contribution in [0.4, 0.5) is 0 Å². The van der Waals surface area contributed by atoms with E-state index >= 15 is 0 Å². The molecule has 1 aromatic heterocycles. The highest BCUT2D eigenvalue weighted by atomic mass is 32.2. The minimum Gasteiger partial charge on any atom is -0.477 e. The Morgan fingerprint density at radius 3 is 2.77 bits per heavy atom. The number of aliphatic carboxylic acids is 1. The first kappa shape index (κ1) is 24.9. The molecule has 35 heavy (non-hydrogen) atoms. The minimum absolute atomic E-state index is 0.0407. The molecule has 0 saturated carbocycles. The summed E-state index contributed by atoms with van der Waals surface area (Å²) in [5.41, 5.74) is 4.06. The van der Waals surface area contributed by atoms with E-state index in [1.165, 1.54) is 30.6 Å². The normalized spacial score (nSPS) is 24.0. The molecule has 0 spiro atoms. The smallest absolute Gasteiger partial charge is 0.352 e. The van der Waals surface area contributed by atoms with Crippen LogP contribution in [0.2, 0.25) is 0 Å². The number of hydrogen-bond donors (Lipinski definition) is 5. The standard InChI is InChI=1S/C17H18N8O7S3/c1-32-24-7(6-4-34-16(18)19-6)10(26)20-8-13(29)25-9(15(30)31)5(2-33-14(8)25)3-35-17-21-11(27)12(28)22-23-17/h6,8,14H,2-4H2,1H3,(H2,18,19)(H,20,26)(H,22,28)(H,30,31)(H,21,23,27)/b24-7-/t6?,8-,14-/m1/s1. The number of hydrogen-bond acceptors (Lipinski definition) is 13. The number of nitrogens with two attached hydrogens (primary N) is 1. The van der Waals surface area contributed by atoms with Gasteiger partial charge in [-0.1, -0.05) is 28.7 Å². The number of amides is 2. The van der Waals surface area contributed by atoms with Gasteiger partial charge in [-0.3, -0.25) is 34.1 Å². The molecule has 3 atom stereocenters. The highest BCUT2D eigenvalue weighted by Crippen LogP contribution is 2.41. The van der Waals surface area contributed by atoms with Crippen molar-refractivity contribution in [1.29, 1.82) is 0 Å². The molecule has 1 unspecified atom stereocenters. The monoisotopic (exact) mass is 542 g/mol. The molecular weight excluding hydrogens is 524 g/mol. The summed E-state index contributed by atoms with van der Waals surface area (Å²) < 4.78 is 0. The molecule has 3 aliphatic heterocycles. The number of thioether (sulfide) groups is 3. The molecule has 186 valence electrons. The maximum atomic E-state index is 12.9. The number of nitrogens with one attached hydrogen (secondary N) is 3. The van der Waals surface area contributed by atoms with Crippen molar-refractivity contribution in [3.63, 3.8) is 0 Å². The number of carboxylic acids is 1. The molecule has 18 heteroatoms. The van der Waals surface area contributed by atoms with Crippen LogP contribution in [0.15, 0.2) is 36.2 Å². The van der Waals surface area contributed by atoms with Gasteiger partial charge in [-0.25, -0.2) is 9.89 Å². The van der Waals surface area contributed by atoms with Crippen molar-refractivity contribution in [2.75, 3.05) is 24.4 Å². The lowest BCUT2D eigenvalue weighted by Gasteiger charge is -2.49. The number of carboxylic acid groups (broad SMARTS) is 1. The van der Waals surface area contributed by atoms with Crippen molar-refractivity contribution < 1.29 is 24.3 Å². The van der Waals surface area contributed by atoms with Gasteiger partial charge in [-0.2, -0.15) is 0 Å². The molecule has 1 fully saturated rings. The van der Waals surface area contributed by atoms with Crippen molar-refractivity contribution in [2.45, 2.75) is 22.6 Å². The van der Waals surface area contributed by atoms with Crippen molar-refractivity contribution in [1.82, 2.24) is 25.4 Å². The fraction of sp³-hybridized carbons (Fsp3) is 0.412. The highest BCUT2D eigenvalue weighted by molar-refractivity contribution is 8.14. The first-order valence-electron chi connectivity index (χ1n) is 9.81. The van der Waals surface area contributed by atoms with E-state index in [-0.39, 0.29) is 28.1 Å². The van der Waals surface area contributed by atoms with Crippen LogP contribution in [-0.2, 0) is 19.2 Å². The average Bonchev–Trinajstić information content (AvgIpc) is 3.26. The Bertz CT molecular complexity index is 1290. The second-order valence-corrected chi connectivity index (χ2v) is 10.3. The number of aromatic amines is 2. The number of nitrogens with zero attached hydrogens (tertiary/aromatic N) is 4.